The van der Waals surface area contributed by atoms with Gasteiger partial charge >= 0.3 is 21.7 Å². The third-order valence-corrected chi connectivity index (χ3v) is 4.93. The average molecular weight is 656 g/mol. The first-order valence-electron chi connectivity index (χ1n) is 11.8. The first kappa shape index (κ1) is 39.5. The number of benzene rings is 4. The molecular formula is C28H24N4O12Ti. The monoisotopic (exact) mass is 656 g/mol. The second kappa shape index (κ2) is 21.2. The van der Waals surface area contributed by atoms with Gasteiger partial charge in [-0.05, 0) is 0 Å². The van der Waals surface area contributed by atoms with Crippen LogP contribution in [-0.2, 0) is 21.7 Å². The predicted molar refractivity (Wildman–Crippen MR) is 141 cm³/mol. The maximum absolute atomic E-state index is 10.8. The SMILES string of the molecule is O=C(NO)c1ccccc1[O-].O=C(NO)c1ccccc1[O-].O=C(NO)c1ccccc1[O-].O=C(NO)c1ccccc1[O-].[Ti+4]. The van der Waals surface area contributed by atoms with Crippen LogP contribution in [0.15, 0.2) is 97.1 Å². The minimum absolute atomic E-state index is 0. The molecule has 4 rings (SSSR count). The van der Waals surface area contributed by atoms with Crippen molar-refractivity contribution in [2.75, 3.05) is 0 Å². The smallest absolute Gasteiger partial charge is 0.872 e. The first-order valence-corrected chi connectivity index (χ1v) is 11.8. The van der Waals surface area contributed by atoms with Gasteiger partial charge in [0, 0.05) is 22.3 Å². The van der Waals surface area contributed by atoms with Crippen molar-refractivity contribution in [2.24, 2.45) is 0 Å². The zero-order valence-corrected chi connectivity index (χ0v) is 24.4. The third kappa shape index (κ3) is 13.1. The number of hydrogen-bond donors (Lipinski definition) is 8. The van der Waals surface area contributed by atoms with Gasteiger partial charge in [-0.1, -0.05) is 120 Å². The van der Waals surface area contributed by atoms with Gasteiger partial charge in [0.1, 0.15) is 0 Å². The van der Waals surface area contributed by atoms with E-state index in [1.165, 1.54) is 94.7 Å². The van der Waals surface area contributed by atoms with Crippen LogP contribution in [0.4, 0.5) is 0 Å². The Morgan fingerprint density at radius 1 is 0.378 bits per heavy atom. The minimum Gasteiger partial charge on any atom is -0.872 e. The summed E-state index contributed by atoms with van der Waals surface area (Å²) in [6, 6.07) is 22.7. The summed E-state index contributed by atoms with van der Waals surface area (Å²) < 4.78 is 0. The van der Waals surface area contributed by atoms with Crippen LogP contribution < -0.4 is 42.3 Å². The summed E-state index contributed by atoms with van der Waals surface area (Å²) in [5.74, 6) is -4.74. The predicted octanol–water partition coefficient (Wildman–Crippen LogP) is -0.486. The zero-order chi connectivity index (χ0) is 33.1. The van der Waals surface area contributed by atoms with Crippen LogP contribution >= 0.6 is 0 Å². The molecule has 4 aromatic rings. The van der Waals surface area contributed by atoms with E-state index in [4.69, 9.17) is 20.8 Å². The molecule has 4 amide bonds. The van der Waals surface area contributed by atoms with E-state index < -0.39 is 46.6 Å². The van der Waals surface area contributed by atoms with Gasteiger partial charge in [-0.3, -0.25) is 40.0 Å². The van der Waals surface area contributed by atoms with Crippen molar-refractivity contribution >= 4 is 23.6 Å². The Kier molecular flexibility index (Phi) is 18.7. The number of hydroxylamine groups is 4. The van der Waals surface area contributed by atoms with Gasteiger partial charge in [0.05, 0.1) is 0 Å². The Morgan fingerprint density at radius 2 is 0.533 bits per heavy atom. The van der Waals surface area contributed by atoms with Crippen LogP contribution in [0, 0.1) is 0 Å². The molecule has 0 saturated heterocycles. The summed E-state index contributed by atoms with van der Waals surface area (Å²) in [4.78, 5) is 42.7. The maximum atomic E-state index is 10.8. The van der Waals surface area contributed by atoms with Crippen molar-refractivity contribution in [1.29, 1.82) is 0 Å². The fraction of sp³-hybridized carbons (Fsp3) is 0. The molecule has 0 atom stereocenters. The molecule has 45 heavy (non-hydrogen) atoms. The van der Waals surface area contributed by atoms with Crippen LogP contribution in [0.25, 0.3) is 0 Å². The van der Waals surface area contributed by atoms with Gasteiger partial charge in [-0.2, -0.15) is 0 Å². The molecule has 16 nitrogen and oxygen atoms in total. The van der Waals surface area contributed by atoms with Crippen molar-refractivity contribution in [3.8, 4) is 23.0 Å². The Labute approximate surface area is 269 Å². The summed E-state index contributed by atoms with van der Waals surface area (Å²) in [6.07, 6.45) is 0. The number of nitrogens with one attached hydrogen (secondary N) is 4. The molecule has 232 valence electrons. The molecule has 0 radical (unpaired) electrons. The topological polar surface area (TPSA) is 290 Å². The van der Waals surface area contributed by atoms with E-state index in [0.717, 1.165) is 0 Å². The number of carbonyl (C=O) groups is 4. The summed E-state index contributed by atoms with van der Waals surface area (Å²) in [5, 5.41) is 76.1. The Morgan fingerprint density at radius 3 is 0.667 bits per heavy atom. The summed E-state index contributed by atoms with van der Waals surface area (Å²) in [7, 11) is 0. The molecule has 0 heterocycles. The van der Waals surface area contributed by atoms with Crippen LogP contribution in [0.3, 0.4) is 0 Å². The van der Waals surface area contributed by atoms with E-state index in [1.54, 1.807) is 24.3 Å². The molecule has 8 N–H and O–H groups in total. The molecule has 0 saturated carbocycles. The van der Waals surface area contributed by atoms with E-state index in [9.17, 15) is 39.6 Å². The van der Waals surface area contributed by atoms with Gasteiger partial charge < -0.3 is 20.4 Å². The molecular weight excluding hydrogens is 632 g/mol. The second-order valence-electron chi connectivity index (χ2n) is 7.75. The number of amides is 4. The van der Waals surface area contributed by atoms with Gasteiger partial charge in [0.25, 0.3) is 23.6 Å². The second-order valence-corrected chi connectivity index (χ2v) is 7.75. The maximum Gasteiger partial charge on any atom is 4.00 e. The van der Waals surface area contributed by atoms with E-state index in [1.807, 2.05) is 0 Å². The minimum atomic E-state index is -0.782. The molecule has 0 fully saturated rings. The molecule has 0 aliphatic heterocycles. The summed E-state index contributed by atoms with van der Waals surface area (Å²) in [5.41, 5.74) is 5.29. The van der Waals surface area contributed by atoms with Crippen LogP contribution in [0.2, 0.25) is 0 Å². The van der Waals surface area contributed by atoms with E-state index in [0.29, 0.717) is 0 Å². The Bertz CT molecular complexity index is 1330. The molecule has 4 aromatic carbocycles. The Balaban J connectivity index is 0.000000569. The van der Waals surface area contributed by atoms with Crippen molar-refractivity contribution in [3.05, 3.63) is 119 Å². The summed E-state index contributed by atoms with van der Waals surface area (Å²) >= 11 is 0. The fourth-order valence-electron chi connectivity index (χ4n) is 2.86. The molecule has 0 bridgehead atoms. The Hall–Kier alpha value is -5.49. The van der Waals surface area contributed by atoms with E-state index in [-0.39, 0.29) is 44.0 Å². The van der Waals surface area contributed by atoms with Crippen LogP contribution in [0.1, 0.15) is 41.4 Å². The molecule has 0 aromatic heterocycles. The zero-order valence-electron chi connectivity index (χ0n) is 22.8. The van der Waals surface area contributed by atoms with Crippen molar-refractivity contribution in [2.45, 2.75) is 0 Å². The van der Waals surface area contributed by atoms with Gasteiger partial charge in [-0.15, -0.1) is 0 Å². The van der Waals surface area contributed by atoms with Crippen molar-refractivity contribution in [3.63, 3.8) is 0 Å². The largest absolute Gasteiger partial charge is 4.00 e. The first-order chi connectivity index (χ1) is 21.0. The molecule has 0 unspecified atom stereocenters. The fourth-order valence-corrected chi connectivity index (χ4v) is 2.86. The third-order valence-electron chi connectivity index (χ3n) is 4.93. The number of carbonyl (C=O) groups excluding carboxylic acids is 4. The number of para-hydroxylation sites is 4. The average Bonchev–Trinajstić information content (AvgIpc) is 3.05. The standard InChI is InChI=1S/4C7H7NO3.Ti/c4*9-6-4-2-1-3-5(6)7(10)8-11;/h4*1-4,9,11H,(H,8,10);/q;;;;+4/p-4. The number of rotatable bonds is 4. The molecule has 0 aliphatic rings. The molecule has 0 spiro atoms. The van der Waals surface area contributed by atoms with Gasteiger partial charge in [-0.25, -0.2) is 21.9 Å². The van der Waals surface area contributed by atoms with Crippen LogP contribution in [-0.4, -0.2) is 44.5 Å². The van der Waals surface area contributed by atoms with E-state index >= 15 is 0 Å². The normalized spacial score (nSPS) is 8.98. The number of hydrogen-bond acceptors (Lipinski definition) is 12. The molecule has 17 heteroatoms. The van der Waals surface area contributed by atoms with E-state index in [2.05, 4.69) is 0 Å². The van der Waals surface area contributed by atoms with Crippen molar-refractivity contribution < 1.29 is 82.2 Å². The van der Waals surface area contributed by atoms with Crippen LogP contribution in [0.5, 0.6) is 23.0 Å². The summed E-state index contributed by atoms with van der Waals surface area (Å²) in [6.45, 7) is 0. The molecule has 0 aliphatic carbocycles. The van der Waals surface area contributed by atoms with Crippen molar-refractivity contribution in [1.82, 2.24) is 21.9 Å². The quantitative estimate of drug-likeness (QED) is 0.0785. The van der Waals surface area contributed by atoms with Gasteiger partial charge in [0.2, 0.25) is 0 Å². The van der Waals surface area contributed by atoms with Gasteiger partial charge in [0.15, 0.2) is 0 Å².